The molecule has 0 fully saturated rings. The molecular formula is C17H16O4. The van der Waals surface area contributed by atoms with Gasteiger partial charge in [-0.05, 0) is 19.1 Å². The summed E-state index contributed by atoms with van der Waals surface area (Å²) < 4.78 is 10.6. The molecule has 0 atom stereocenters. The van der Waals surface area contributed by atoms with Crippen molar-refractivity contribution >= 4 is 11.6 Å². The maximum absolute atomic E-state index is 12.6. The van der Waals surface area contributed by atoms with Gasteiger partial charge in [-0.25, -0.2) is 0 Å². The van der Waals surface area contributed by atoms with Crippen LogP contribution in [0.3, 0.4) is 0 Å². The highest BCUT2D eigenvalue weighted by molar-refractivity contribution is 6.12. The van der Waals surface area contributed by atoms with Crippen molar-refractivity contribution in [1.82, 2.24) is 0 Å². The Kier molecular flexibility index (Phi) is 4.38. The largest absolute Gasteiger partial charge is 0.492 e. The predicted molar refractivity (Wildman–Crippen MR) is 79.4 cm³/mol. The smallest absolute Gasteiger partial charge is 0.196 e. The minimum atomic E-state index is -0.180. The molecule has 0 N–H and O–H groups in total. The van der Waals surface area contributed by atoms with Crippen LogP contribution in [0.2, 0.25) is 0 Å². The van der Waals surface area contributed by atoms with Crippen molar-refractivity contribution in [2.45, 2.75) is 6.92 Å². The molecular weight excluding hydrogens is 268 g/mol. The van der Waals surface area contributed by atoms with Crippen molar-refractivity contribution in [3.8, 4) is 11.5 Å². The minimum Gasteiger partial charge on any atom is -0.492 e. The standard InChI is InChI=1S/C17H16O4/c1-11(18)13-9-10-14(17(21-3)16(13)20-2)15(19)12-7-5-4-6-8-12/h4-10H,1-3H3. The number of Topliss-reactive ketones (excluding diaryl/α,β-unsaturated/α-hetero) is 1. The summed E-state index contributed by atoms with van der Waals surface area (Å²) in [6.45, 7) is 1.44. The highest BCUT2D eigenvalue weighted by Crippen LogP contribution is 2.36. The van der Waals surface area contributed by atoms with E-state index in [2.05, 4.69) is 0 Å². The van der Waals surface area contributed by atoms with Gasteiger partial charge in [0.05, 0.1) is 25.3 Å². The van der Waals surface area contributed by atoms with Crippen molar-refractivity contribution in [1.29, 1.82) is 0 Å². The summed E-state index contributed by atoms with van der Waals surface area (Å²) in [5, 5.41) is 0. The fraction of sp³-hybridized carbons (Fsp3) is 0.176. The zero-order valence-electron chi connectivity index (χ0n) is 12.2. The summed E-state index contributed by atoms with van der Waals surface area (Å²) >= 11 is 0. The molecule has 0 aliphatic carbocycles. The Bertz CT molecular complexity index is 675. The van der Waals surface area contributed by atoms with Crippen molar-refractivity contribution in [2.24, 2.45) is 0 Å². The van der Waals surface area contributed by atoms with E-state index in [1.165, 1.54) is 21.1 Å². The van der Waals surface area contributed by atoms with Crippen LogP contribution in [0.4, 0.5) is 0 Å². The first-order valence-electron chi connectivity index (χ1n) is 6.45. The van der Waals surface area contributed by atoms with E-state index in [0.717, 1.165) is 0 Å². The van der Waals surface area contributed by atoms with E-state index in [1.54, 1.807) is 36.4 Å². The lowest BCUT2D eigenvalue weighted by Crippen LogP contribution is -2.08. The molecule has 0 bridgehead atoms. The van der Waals surface area contributed by atoms with E-state index in [9.17, 15) is 9.59 Å². The number of ketones is 2. The van der Waals surface area contributed by atoms with Crippen molar-refractivity contribution in [3.63, 3.8) is 0 Å². The molecule has 2 aromatic rings. The fourth-order valence-corrected chi connectivity index (χ4v) is 2.17. The third-order valence-corrected chi connectivity index (χ3v) is 3.18. The quantitative estimate of drug-likeness (QED) is 0.791. The summed E-state index contributed by atoms with van der Waals surface area (Å²) in [5.74, 6) is 0.232. The van der Waals surface area contributed by atoms with Gasteiger partial charge in [0.15, 0.2) is 23.1 Å². The monoisotopic (exact) mass is 284 g/mol. The van der Waals surface area contributed by atoms with E-state index >= 15 is 0 Å². The molecule has 0 aliphatic rings. The predicted octanol–water partition coefficient (Wildman–Crippen LogP) is 3.14. The van der Waals surface area contributed by atoms with E-state index in [-0.39, 0.29) is 23.1 Å². The summed E-state index contributed by atoms with van der Waals surface area (Å²) in [4.78, 5) is 24.2. The molecule has 0 spiro atoms. The molecule has 0 heterocycles. The zero-order valence-corrected chi connectivity index (χ0v) is 12.2. The molecule has 2 rings (SSSR count). The number of methoxy groups -OCH3 is 2. The maximum atomic E-state index is 12.6. The number of hydrogen-bond acceptors (Lipinski definition) is 4. The van der Waals surface area contributed by atoms with Crippen LogP contribution in [0.25, 0.3) is 0 Å². The average Bonchev–Trinajstić information content (AvgIpc) is 2.53. The second-order valence-corrected chi connectivity index (χ2v) is 4.48. The van der Waals surface area contributed by atoms with E-state index < -0.39 is 0 Å². The van der Waals surface area contributed by atoms with Crippen molar-refractivity contribution in [3.05, 3.63) is 59.2 Å². The maximum Gasteiger partial charge on any atom is 0.196 e. The number of carbonyl (C=O) groups excluding carboxylic acids is 2. The molecule has 4 heteroatoms. The van der Waals surface area contributed by atoms with Crippen LogP contribution in [-0.2, 0) is 0 Å². The normalized spacial score (nSPS) is 10.0. The Hall–Kier alpha value is -2.62. The van der Waals surface area contributed by atoms with Crippen LogP contribution in [0, 0.1) is 0 Å². The Labute approximate surface area is 123 Å². The summed E-state index contributed by atoms with van der Waals surface area (Å²) in [5.41, 5.74) is 1.30. The van der Waals surface area contributed by atoms with E-state index in [0.29, 0.717) is 16.7 Å². The zero-order chi connectivity index (χ0) is 15.4. The van der Waals surface area contributed by atoms with E-state index in [4.69, 9.17) is 9.47 Å². The van der Waals surface area contributed by atoms with Gasteiger partial charge in [-0.15, -0.1) is 0 Å². The summed E-state index contributed by atoms with van der Waals surface area (Å²) in [7, 11) is 2.89. The topological polar surface area (TPSA) is 52.6 Å². The van der Waals surface area contributed by atoms with Gasteiger partial charge in [0, 0.05) is 5.56 Å². The summed E-state index contributed by atoms with van der Waals surface area (Å²) in [6.07, 6.45) is 0. The molecule has 0 amide bonds. The van der Waals surface area contributed by atoms with Gasteiger partial charge < -0.3 is 9.47 Å². The van der Waals surface area contributed by atoms with Crippen LogP contribution in [-0.4, -0.2) is 25.8 Å². The Balaban J connectivity index is 2.60. The van der Waals surface area contributed by atoms with Crippen LogP contribution in [0.15, 0.2) is 42.5 Å². The molecule has 0 radical (unpaired) electrons. The third-order valence-electron chi connectivity index (χ3n) is 3.18. The van der Waals surface area contributed by atoms with Crippen LogP contribution in [0.5, 0.6) is 11.5 Å². The molecule has 2 aromatic carbocycles. The minimum absolute atomic E-state index is 0.149. The Morgan fingerprint density at radius 2 is 1.33 bits per heavy atom. The first kappa shape index (κ1) is 14.8. The Morgan fingerprint density at radius 1 is 0.810 bits per heavy atom. The van der Waals surface area contributed by atoms with Gasteiger partial charge in [0.1, 0.15) is 0 Å². The molecule has 0 saturated heterocycles. The second-order valence-electron chi connectivity index (χ2n) is 4.48. The van der Waals surface area contributed by atoms with Gasteiger partial charge in [0.2, 0.25) is 0 Å². The van der Waals surface area contributed by atoms with Crippen LogP contribution < -0.4 is 9.47 Å². The Morgan fingerprint density at radius 3 is 1.86 bits per heavy atom. The molecule has 4 nitrogen and oxygen atoms in total. The highest BCUT2D eigenvalue weighted by atomic mass is 16.5. The lowest BCUT2D eigenvalue weighted by atomic mass is 9.99. The van der Waals surface area contributed by atoms with Gasteiger partial charge >= 0.3 is 0 Å². The molecule has 108 valence electrons. The van der Waals surface area contributed by atoms with Crippen molar-refractivity contribution < 1.29 is 19.1 Å². The first-order chi connectivity index (χ1) is 10.1. The molecule has 0 aliphatic heterocycles. The summed E-state index contributed by atoms with van der Waals surface area (Å²) in [6, 6.07) is 12.1. The number of carbonyl (C=O) groups is 2. The number of benzene rings is 2. The lowest BCUT2D eigenvalue weighted by molar-refractivity contribution is 0.100. The average molecular weight is 284 g/mol. The highest BCUT2D eigenvalue weighted by Gasteiger charge is 2.22. The van der Waals surface area contributed by atoms with Crippen molar-refractivity contribution in [2.75, 3.05) is 14.2 Å². The first-order valence-corrected chi connectivity index (χ1v) is 6.45. The molecule has 21 heavy (non-hydrogen) atoms. The molecule has 0 saturated carbocycles. The lowest BCUT2D eigenvalue weighted by Gasteiger charge is -2.14. The number of rotatable bonds is 5. The van der Waals surface area contributed by atoms with Crippen LogP contribution in [0.1, 0.15) is 33.2 Å². The SMILES string of the molecule is COc1c(C(C)=O)ccc(C(=O)c2ccccc2)c1OC. The second kappa shape index (κ2) is 6.22. The van der Waals surface area contributed by atoms with Gasteiger partial charge in [-0.1, -0.05) is 30.3 Å². The fourth-order valence-electron chi connectivity index (χ4n) is 2.17. The molecule has 0 unspecified atom stereocenters. The van der Waals surface area contributed by atoms with Gasteiger partial charge in [0.25, 0.3) is 0 Å². The molecule has 0 aromatic heterocycles. The number of hydrogen-bond donors (Lipinski definition) is 0. The third kappa shape index (κ3) is 2.79. The van der Waals surface area contributed by atoms with Gasteiger partial charge in [-0.3, -0.25) is 9.59 Å². The van der Waals surface area contributed by atoms with Gasteiger partial charge in [-0.2, -0.15) is 0 Å². The number of ether oxygens (including phenoxy) is 2. The van der Waals surface area contributed by atoms with Crippen LogP contribution >= 0.6 is 0 Å². The van der Waals surface area contributed by atoms with E-state index in [1.807, 2.05) is 6.07 Å².